The van der Waals surface area contributed by atoms with Gasteiger partial charge in [-0.3, -0.25) is 14.2 Å². The summed E-state index contributed by atoms with van der Waals surface area (Å²) in [5.74, 6) is 1.24. The van der Waals surface area contributed by atoms with E-state index in [4.69, 9.17) is 30.8 Å². The van der Waals surface area contributed by atoms with Crippen molar-refractivity contribution in [3.05, 3.63) is 150 Å². The fourth-order valence-corrected chi connectivity index (χ4v) is 6.55. The third-order valence-corrected chi connectivity index (χ3v) is 8.90. The Morgan fingerprint density at radius 3 is 2.50 bits per heavy atom. The first-order chi connectivity index (χ1) is 22.4. The summed E-state index contributed by atoms with van der Waals surface area (Å²) in [6.45, 7) is 1.99. The molecular formula is C36H30ClN3O5S. The Labute approximate surface area is 274 Å². The fourth-order valence-electron chi connectivity index (χ4n) is 5.33. The Balaban J connectivity index is 1.47. The second kappa shape index (κ2) is 13.5. The zero-order chi connectivity index (χ0) is 32.2. The molecule has 0 aliphatic carbocycles. The molecule has 4 aromatic carbocycles. The molecule has 0 radical (unpaired) electrons. The van der Waals surface area contributed by atoms with Crippen molar-refractivity contribution < 1.29 is 19.0 Å². The Hall–Kier alpha value is -5.12. The number of nitrogens with one attached hydrogen (secondary N) is 1. The van der Waals surface area contributed by atoms with Gasteiger partial charge in [0.15, 0.2) is 16.3 Å². The number of para-hydroxylation sites is 2. The fraction of sp³-hybridized carbons (Fsp3) is 0.139. The lowest BCUT2D eigenvalue weighted by molar-refractivity contribution is -0.113. The van der Waals surface area contributed by atoms with Gasteiger partial charge in [0.1, 0.15) is 12.4 Å². The van der Waals surface area contributed by atoms with Crippen molar-refractivity contribution in [2.24, 2.45) is 4.99 Å². The molecule has 6 rings (SSSR count). The number of rotatable bonds is 9. The lowest BCUT2D eigenvalue weighted by Crippen LogP contribution is -2.40. The lowest BCUT2D eigenvalue weighted by Gasteiger charge is -2.25. The van der Waals surface area contributed by atoms with E-state index in [0.717, 1.165) is 5.56 Å². The van der Waals surface area contributed by atoms with E-state index < -0.39 is 6.04 Å². The molecule has 0 bridgehead atoms. The summed E-state index contributed by atoms with van der Waals surface area (Å²) < 4.78 is 19.3. The van der Waals surface area contributed by atoms with Crippen molar-refractivity contribution in [2.75, 3.05) is 19.5 Å². The van der Waals surface area contributed by atoms with Gasteiger partial charge in [0.05, 0.1) is 36.1 Å². The monoisotopic (exact) mass is 651 g/mol. The molecule has 1 atom stereocenters. The molecule has 1 amide bonds. The Bertz CT molecular complexity index is 2140. The first-order valence-corrected chi connectivity index (χ1v) is 15.6. The number of thiazole rings is 1. The molecule has 1 aliphatic heterocycles. The highest BCUT2D eigenvalue weighted by atomic mass is 35.5. The molecule has 0 saturated carbocycles. The SMILES string of the molecule is COc1cccc([C@H]2C(C(=O)Nc3ccccc3)=C(C)N=c3s/c(=C\c4cccc(OC)c4OCc4ccccc4Cl)c(=O)n32)c1. The number of carbonyl (C=O) groups excluding carboxylic acids is 1. The average molecular weight is 652 g/mol. The van der Waals surface area contributed by atoms with E-state index in [9.17, 15) is 9.59 Å². The topological polar surface area (TPSA) is 91.2 Å². The van der Waals surface area contributed by atoms with Gasteiger partial charge in [0.25, 0.3) is 11.5 Å². The van der Waals surface area contributed by atoms with Crippen LogP contribution < -0.4 is 34.4 Å². The first-order valence-electron chi connectivity index (χ1n) is 14.4. The van der Waals surface area contributed by atoms with E-state index >= 15 is 0 Å². The summed E-state index contributed by atoms with van der Waals surface area (Å²) in [5.41, 5.74) is 3.39. The van der Waals surface area contributed by atoms with Crippen LogP contribution in [0.2, 0.25) is 5.02 Å². The maximum absolute atomic E-state index is 14.3. The largest absolute Gasteiger partial charge is 0.497 e. The maximum Gasteiger partial charge on any atom is 0.271 e. The van der Waals surface area contributed by atoms with Crippen molar-refractivity contribution in [3.8, 4) is 17.2 Å². The van der Waals surface area contributed by atoms with E-state index in [1.807, 2.05) is 84.9 Å². The van der Waals surface area contributed by atoms with Gasteiger partial charge >= 0.3 is 0 Å². The van der Waals surface area contributed by atoms with Crippen LogP contribution in [-0.4, -0.2) is 24.7 Å². The molecule has 1 N–H and O–H groups in total. The summed E-state index contributed by atoms with van der Waals surface area (Å²) in [5, 5.41) is 3.56. The summed E-state index contributed by atoms with van der Waals surface area (Å²) >= 11 is 7.61. The Morgan fingerprint density at radius 1 is 0.978 bits per heavy atom. The van der Waals surface area contributed by atoms with Crippen LogP contribution >= 0.6 is 22.9 Å². The molecule has 1 aromatic heterocycles. The number of halogens is 1. The normalized spacial score (nSPS) is 14.3. The van der Waals surface area contributed by atoms with Crippen LogP contribution in [0.5, 0.6) is 17.2 Å². The molecule has 1 aliphatic rings. The van der Waals surface area contributed by atoms with Gasteiger partial charge in [-0.1, -0.05) is 83.6 Å². The van der Waals surface area contributed by atoms with Crippen LogP contribution in [-0.2, 0) is 11.4 Å². The molecule has 0 unspecified atom stereocenters. The second-order valence-electron chi connectivity index (χ2n) is 10.4. The van der Waals surface area contributed by atoms with Gasteiger partial charge in [0.2, 0.25) is 0 Å². The zero-order valence-electron chi connectivity index (χ0n) is 25.3. The summed E-state index contributed by atoms with van der Waals surface area (Å²) in [7, 11) is 3.14. The molecule has 0 saturated heterocycles. The van der Waals surface area contributed by atoms with Gasteiger partial charge in [0, 0.05) is 21.8 Å². The van der Waals surface area contributed by atoms with Crippen LogP contribution in [0.1, 0.15) is 29.7 Å². The van der Waals surface area contributed by atoms with Crippen LogP contribution in [0.3, 0.4) is 0 Å². The number of allylic oxidation sites excluding steroid dienone is 1. The van der Waals surface area contributed by atoms with Crippen molar-refractivity contribution >= 4 is 40.6 Å². The summed E-state index contributed by atoms with van der Waals surface area (Å²) in [6, 6.07) is 28.7. The van der Waals surface area contributed by atoms with E-state index in [1.54, 1.807) is 43.9 Å². The number of aromatic nitrogens is 1. The molecule has 232 valence electrons. The predicted octanol–water partition coefficient (Wildman–Crippen LogP) is 6.12. The number of fused-ring (bicyclic) bond motifs is 1. The molecule has 46 heavy (non-hydrogen) atoms. The highest BCUT2D eigenvalue weighted by Gasteiger charge is 2.33. The molecule has 8 nitrogen and oxygen atoms in total. The van der Waals surface area contributed by atoms with Crippen molar-refractivity contribution in [2.45, 2.75) is 19.6 Å². The maximum atomic E-state index is 14.3. The van der Waals surface area contributed by atoms with Crippen molar-refractivity contribution in [3.63, 3.8) is 0 Å². The third kappa shape index (κ3) is 6.20. The molecule has 2 heterocycles. The molecule has 10 heteroatoms. The van der Waals surface area contributed by atoms with E-state index in [-0.39, 0.29) is 18.1 Å². The summed E-state index contributed by atoms with van der Waals surface area (Å²) in [4.78, 5) is 33.4. The minimum absolute atomic E-state index is 0.205. The van der Waals surface area contributed by atoms with Gasteiger partial charge < -0.3 is 19.5 Å². The van der Waals surface area contributed by atoms with Crippen LogP contribution in [0.25, 0.3) is 6.08 Å². The smallest absolute Gasteiger partial charge is 0.271 e. The van der Waals surface area contributed by atoms with Crippen LogP contribution in [0, 0.1) is 0 Å². The number of anilines is 1. The zero-order valence-corrected chi connectivity index (χ0v) is 26.9. The molecule has 0 fully saturated rings. The minimum Gasteiger partial charge on any atom is -0.497 e. The van der Waals surface area contributed by atoms with Crippen LogP contribution in [0.15, 0.2) is 118 Å². The number of amides is 1. The number of carbonyl (C=O) groups is 1. The number of hydrogen-bond donors (Lipinski definition) is 1. The lowest BCUT2D eigenvalue weighted by atomic mass is 9.95. The van der Waals surface area contributed by atoms with Gasteiger partial charge in [-0.15, -0.1) is 0 Å². The predicted molar refractivity (Wildman–Crippen MR) is 181 cm³/mol. The molecule has 5 aromatic rings. The standard InChI is InChI=1S/C36H30ClN3O5S/c1-22-31(34(41)39-26-14-5-4-6-15-26)32(23-12-9-16-27(19-23)43-2)40-35(42)30(46-36(40)38-22)20-24-13-10-18-29(44-3)33(24)45-21-25-11-7-8-17-28(25)37/h4-20,32H,21H2,1-3H3,(H,39,41)/b30-20-/t32-/m0/s1. The highest BCUT2D eigenvalue weighted by Crippen LogP contribution is 2.34. The van der Waals surface area contributed by atoms with Crippen LogP contribution in [0.4, 0.5) is 5.69 Å². The Morgan fingerprint density at radius 2 is 1.74 bits per heavy atom. The minimum atomic E-state index is -0.751. The molecular weight excluding hydrogens is 622 g/mol. The van der Waals surface area contributed by atoms with Gasteiger partial charge in [-0.25, -0.2) is 4.99 Å². The van der Waals surface area contributed by atoms with E-state index in [0.29, 0.717) is 59.7 Å². The quantitative estimate of drug-likeness (QED) is 0.207. The molecule has 0 spiro atoms. The van der Waals surface area contributed by atoms with Gasteiger partial charge in [-0.2, -0.15) is 0 Å². The Kier molecular flexibility index (Phi) is 9.05. The highest BCUT2D eigenvalue weighted by molar-refractivity contribution is 7.07. The number of hydrogen-bond acceptors (Lipinski definition) is 7. The number of nitrogens with zero attached hydrogens (tertiary/aromatic N) is 2. The number of ether oxygens (including phenoxy) is 3. The summed E-state index contributed by atoms with van der Waals surface area (Å²) in [6.07, 6.45) is 1.76. The van der Waals surface area contributed by atoms with E-state index in [1.165, 1.54) is 11.3 Å². The number of methoxy groups -OCH3 is 2. The van der Waals surface area contributed by atoms with Crippen molar-refractivity contribution in [1.82, 2.24) is 4.57 Å². The van der Waals surface area contributed by atoms with E-state index in [2.05, 4.69) is 5.32 Å². The third-order valence-electron chi connectivity index (χ3n) is 7.55. The average Bonchev–Trinajstić information content (AvgIpc) is 3.37. The van der Waals surface area contributed by atoms with Crippen molar-refractivity contribution in [1.29, 1.82) is 0 Å². The first kappa shape index (κ1) is 30.9. The van der Waals surface area contributed by atoms with Gasteiger partial charge in [-0.05, 0) is 55.0 Å². The number of benzene rings is 4. The second-order valence-corrected chi connectivity index (χ2v) is 11.9.